The van der Waals surface area contributed by atoms with Crippen molar-refractivity contribution >= 4 is 29.3 Å². The summed E-state index contributed by atoms with van der Waals surface area (Å²) >= 11 is 7.62. The lowest BCUT2D eigenvalue weighted by Gasteiger charge is -2.57. The van der Waals surface area contributed by atoms with Crippen molar-refractivity contribution in [3.8, 4) is 0 Å². The summed E-state index contributed by atoms with van der Waals surface area (Å²) in [6.45, 7) is 2.10. The Morgan fingerprint density at radius 3 is 2.21 bits per heavy atom. The molecule has 1 aromatic rings. The lowest BCUT2D eigenvalue weighted by atomic mass is 9.53. The van der Waals surface area contributed by atoms with Gasteiger partial charge in [-0.2, -0.15) is 0 Å². The van der Waals surface area contributed by atoms with E-state index in [0.717, 1.165) is 34.1 Å². The number of thioether (sulfide) groups is 1. The van der Waals surface area contributed by atoms with Crippen LogP contribution in [0.2, 0.25) is 5.02 Å². The van der Waals surface area contributed by atoms with Gasteiger partial charge in [-0.05, 0) is 87.0 Å². The van der Waals surface area contributed by atoms with E-state index in [9.17, 15) is 4.79 Å². The fourth-order valence-electron chi connectivity index (χ4n) is 5.61. The molecule has 0 radical (unpaired) electrons. The number of hydrogen-bond acceptors (Lipinski definition) is 2. The number of nitrogens with one attached hydrogen (secondary N) is 1. The molecule has 4 aliphatic rings. The number of halogens is 1. The van der Waals surface area contributed by atoms with Gasteiger partial charge in [0.1, 0.15) is 0 Å². The highest BCUT2D eigenvalue weighted by Crippen LogP contribution is 2.55. The summed E-state index contributed by atoms with van der Waals surface area (Å²) in [6.07, 6.45) is 8.72. The Balaban J connectivity index is 1.43. The van der Waals surface area contributed by atoms with E-state index in [1.165, 1.54) is 38.5 Å². The summed E-state index contributed by atoms with van der Waals surface area (Å²) in [4.78, 5) is 14.1. The summed E-state index contributed by atoms with van der Waals surface area (Å²) in [5.41, 5.74) is 0.111. The van der Waals surface area contributed by atoms with Gasteiger partial charge in [0.25, 0.3) is 0 Å². The molecule has 4 heteroatoms. The Kier molecular flexibility index (Phi) is 4.59. The number of amides is 1. The second kappa shape index (κ2) is 6.57. The van der Waals surface area contributed by atoms with E-state index in [2.05, 4.69) is 12.2 Å². The zero-order valence-corrected chi connectivity index (χ0v) is 15.8. The van der Waals surface area contributed by atoms with E-state index in [1.54, 1.807) is 11.8 Å². The molecule has 4 bridgehead atoms. The third-order valence-electron chi connectivity index (χ3n) is 6.18. The zero-order chi connectivity index (χ0) is 16.7. The molecule has 1 N–H and O–H groups in total. The Hall–Kier alpha value is -0.670. The predicted molar refractivity (Wildman–Crippen MR) is 100 cm³/mol. The van der Waals surface area contributed by atoms with Crippen LogP contribution in [0.3, 0.4) is 0 Å². The molecule has 1 atom stereocenters. The normalized spacial score (nSPS) is 35.0. The smallest absolute Gasteiger partial charge is 0.233 e. The van der Waals surface area contributed by atoms with E-state index >= 15 is 0 Å². The van der Waals surface area contributed by atoms with E-state index < -0.39 is 0 Å². The van der Waals surface area contributed by atoms with Crippen LogP contribution in [-0.2, 0) is 4.79 Å². The van der Waals surface area contributed by atoms with Crippen molar-refractivity contribution in [2.45, 2.75) is 67.6 Å². The lowest BCUT2D eigenvalue weighted by Crippen LogP contribution is -2.61. The number of rotatable bonds is 5. The van der Waals surface area contributed by atoms with Crippen LogP contribution in [0.1, 0.15) is 51.9 Å². The van der Waals surface area contributed by atoms with Gasteiger partial charge in [-0.25, -0.2) is 0 Å². The van der Waals surface area contributed by atoms with Gasteiger partial charge in [0, 0.05) is 15.5 Å². The van der Waals surface area contributed by atoms with Crippen molar-refractivity contribution in [2.24, 2.45) is 17.8 Å². The largest absolute Gasteiger partial charge is 0.350 e. The summed E-state index contributed by atoms with van der Waals surface area (Å²) < 4.78 is 0. The van der Waals surface area contributed by atoms with Crippen molar-refractivity contribution in [1.29, 1.82) is 0 Å². The fraction of sp³-hybridized carbons (Fsp3) is 0.650. The highest BCUT2D eigenvalue weighted by molar-refractivity contribution is 8.00. The first-order valence-corrected chi connectivity index (χ1v) is 10.6. The van der Waals surface area contributed by atoms with E-state index in [0.29, 0.717) is 0 Å². The van der Waals surface area contributed by atoms with Crippen molar-refractivity contribution in [1.82, 2.24) is 5.32 Å². The van der Waals surface area contributed by atoms with Crippen molar-refractivity contribution in [3.05, 3.63) is 29.3 Å². The molecule has 4 aliphatic carbocycles. The average molecular weight is 364 g/mol. The van der Waals surface area contributed by atoms with Gasteiger partial charge < -0.3 is 5.32 Å². The molecule has 0 spiro atoms. The molecular formula is C20H26ClNOS. The Labute approximate surface area is 154 Å². The van der Waals surface area contributed by atoms with E-state index in [-0.39, 0.29) is 16.7 Å². The van der Waals surface area contributed by atoms with Crippen LogP contribution in [0.5, 0.6) is 0 Å². The van der Waals surface area contributed by atoms with Crippen molar-refractivity contribution in [2.75, 3.05) is 0 Å². The van der Waals surface area contributed by atoms with Gasteiger partial charge in [0.05, 0.1) is 5.25 Å². The van der Waals surface area contributed by atoms with Gasteiger partial charge in [0.2, 0.25) is 5.91 Å². The molecule has 0 saturated heterocycles. The minimum Gasteiger partial charge on any atom is -0.350 e. The highest BCUT2D eigenvalue weighted by atomic mass is 35.5. The Morgan fingerprint density at radius 2 is 1.71 bits per heavy atom. The molecule has 1 unspecified atom stereocenters. The standard InChI is InChI=1S/C20H26ClNOS/c1-2-18(24-17-5-3-16(21)4-6-17)19(23)22-20-10-13-7-14(11-20)9-15(8-13)12-20/h3-6,13-15,18H,2,7-12H2,1H3,(H,22,23). The maximum Gasteiger partial charge on any atom is 0.233 e. The third kappa shape index (κ3) is 3.35. The van der Waals surface area contributed by atoms with Crippen molar-refractivity contribution in [3.63, 3.8) is 0 Å². The highest BCUT2D eigenvalue weighted by Gasteiger charge is 2.51. The van der Waals surface area contributed by atoms with E-state index in [1.807, 2.05) is 24.3 Å². The molecule has 4 saturated carbocycles. The Morgan fingerprint density at radius 1 is 1.17 bits per heavy atom. The van der Waals surface area contributed by atoms with Crippen LogP contribution in [0.4, 0.5) is 0 Å². The third-order valence-corrected chi connectivity index (χ3v) is 7.81. The monoisotopic (exact) mass is 363 g/mol. The first-order valence-electron chi connectivity index (χ1n) is 9.29. The molecule has 5 rings (SSSR count). The van der Waals surface area contributed by atoms with Crippen LogP contribution >= 0.6 is 23.4 Å². The maximum absolute atomic E-state index is 13.0. The molecule has 4 fully saturated rings. The summed E-state index contributed by atoms with van der Waals surface area (Å²) in [6, 6.07) is 7.81. The molecular weight excluding hydrogens is 338 g/mol. The lowest BCUT2D eigenvalue weighted by molar-refractivity contribution is -0.126. The van der Waals surface area contributed by atoms with Crippen LogP contribution in [0, 0.1) is 17.8 Å². The molecule has 1 aromatic carbocycles. The summed E-state index contributed by atoms with van der Waals surface area (Å²) in [7, 11) is 0. The minimum atomic E-state index is -0.0146. The Bertz CT molecular complexity index is 579. The maximum atomic E-state index is 13.0. The van der Waals surface area contributed by atoms with Crippen molar-refractivity contribution < 1.29 is 4.79 Å². The fourth-order valence-corrected chi connectivity index (χ4v) is 6.69. The first-order chi connectivity index (χ1) is 11.5. The molecule has 2 nitrogen and oxygen atoms in total. The zero-order valence-electron chi connectivity index (χ0n) is 14.3. The summed E-state index contributed by atoms with van der Waals surface area (Å²) in [5.74, 6) is 2.82. The van der Waals surface area contributed by atoms with Crippen LogP contribution < -0.4 is 5.32 Å². The average Bonchev–Trinajstić information content (AvgIpc) is 2.52. The van der Waals surface area contributed by atoms with Gasteiger partial charge in [0.15, 0.2) is 0 Å². The second-order valence-electron chi connectivity index (χ2n) is 8.16. The van der Waals surface area contributed by atoms with Gasteiger partial charge in [-0.1, -0.05) is 18.5 Å². The second-order valence-corrected chi connectivity index (χ2v) is 9.87. The SMILES string of the molecule is CCC(Sc1ccc(Cl)cc1)C(=O)NC12CC3CC(CC(C3)C1)C2. The van der Waals surface area contributed by atoms with Gasteiger partial charge in [-0.15, -0.1) is 11.8 Å². The summed E-state index contributed by atoms with van der Waals surface area (Å²) in [5, 5.41) is 4.25. The molecule has 130 valence electrons. The quantitative estimate of drug-likeness (QED) is 0.719. The molecule has 0 aliphatic heterocycles. The number of hydrogen-bond donors (Lipinski definition) is 1. The predicted octanol–water partition coefficient (Wildman–Crippen LogP) is 5.30. The first kappa shape index (κ1) is 16.8. The van der Waals surface area contributed by atoms with Crippen LogP contribution in [-0.4, -0.2) is 16.7 Å². The molecule has 1 amide bonds. The van der Waals surface area contributed by atoms with Crippen LogP contribution in [0.25, 0.3) is 0 Å². The number of benzene rings is 1. The van der Waals surface area contributed by atoms with Crippen LogP contribution in [0.15, 0.2) is 29.2 Å². The molecule has 24 heavy (non-hydrogen) atoms. The van der Waals surface area contributed by atoms with Gasteiger partial charge >= 0.3 is 0 Å². The van der Waals surface area contributed by atoms with E-state index in [4.69, 9.17) is 11.6 Å². The molecule has 0 aromatic heterocycles. The number of carbonyl (C=O) groups excluding carboxylic acids is 1. The minimum absolute atomic E-state index is 0.0146. The number of carbonyl (C=O) groups is 1. The topological polar surface area (TPSA) is 29.1 Å². The van der Waals surface area contributed by atoms with Gasteiger partial charge in [-0.3, -0.25) is 4.79 Å². The molecule has 0 heterocycles.